The Kier molecular flexibility index (Phi) is 4.24. The number of hydrogen-bond acceptors (Lipinski definition) is 6. The number of thiophene rings is 1. The van der Waals surface area contributed by atoms with Crippen molar-refractivity contribution in [2.45, 2.75) is 6.54 Å². The van der Waals surface area contributed by atoms with Gasteiger partial charge in [-0.3, -0.25) is 4.90 Å². The number of rotatable bonds is 6. The first-order valence-electron chi connectivity index (χ1n) is 5.48. The number of nitrogens with one attached hydrogen (secondary N) is 1. The molecule has 2 rings (SSSR count). The Morgan fingerprint density at radius 2 is 2.41 bits per heavy atom. The van der Waals surface area contributed by atoms with E-state index >= 15 is 0 Å². The molecule has 92 valence electrons. The van der Waals surface area contributed by atoms with Crippen molar-refractivity contribution in [2.24, 2.45) is 0 Å². The summed E-state index contributed by atoms with van der Waals surface area (Å²) in [6.45, 7) is 2.58. The number of hydrogen-bond donors (Lipinski definition) is 1. The Morgan fingerprint density at radius 1 is 1.53 bits per heavy atom. The standard InChI is InChI=1S/C11H16N4OS/c1-12-4-5-15(2)7-10-13-11(14-16-10)9-3-6-17-8-9/h3,6,8,12H,4-5,7H2,1-2H3. The molecule has 6 heteroatoms. The van der Waals surface area contributed by atoms with Gasteiger partial charge in [0.2, 0.25) is 11.7 Å². The molecule has 0 aromatic carbocycles. The summed E-state index contributed by atoms with van der Waals surface area (Å²) in [6.07, 6.45) is 0. The maximum Gasteiger partial charge on any atom is 0.241 e. The number of likely N-dealkylation sites (N-methyl/N-ethyl adjacent to an activating group) is 2. The lowest BCUT2D eigenvalue weighted by Crippen LogP contribution is -2.27. The second-order valence-corrected chi connectivity index (χ2v) is 4.65. The van der Waals surface area contributed by atoms with Crippen LogP contribution in [-0.2, 0) is 6.54 Å². The fourth-order valence-corrected chi connectivity index (χ4v) is 2.07. The maximum absolute atomic E-state index is 5.22. The van der Waals surface area contributed by atoms with Crippen molar-refractivity contribution in [3.63, 3.8) is 0 Å². The van der Waals surface area contributed by atoms with Crippen LogP contribution < -0.4 is 5.32 Å². The molecule has 2 aromatic rings. The Bertz CT molecular complexity index is 440. The van der Waals surface area contributed by atoms with Gasteiger partial charge in [0.15, 0.2) is 0 Å². The van der Waals surface area contributed by atoms with Crippen molar-refractivity contribution < 1.29 is 4.52 Å². The van der Waals surface area contributed by atoms with Crippen LogP contribution in [0, 0.1) is 0 Å². The predicted molar refractivity (Wildman–Crippen MR) is 67.9 cm³/mol. The van der Waals surface area contributed by atoms with Gasteiger partial charge in [-0.05, 0) is 25.5 Å². The molecule has 0 saturated carbocycles. The Balaban J connectivity index is 1.94. The molecule has 0 bridgehead atoms. The average molecular weight is 252 g/mol. The fourth-order valence-electron chi connectivity index (χ4n) is 1.44. The highest BCUT2D eigenvalue weighted by molar-refractivity contribution is 7.08. The third kappa shape index (κ3) is 3.36. The summed E-state index contributed by atoms with van der Waals surface area (Å²) >= 11 is 1.63. The smallest absolute Gasteiger partial charge is 0.241 e. The van der Waals surface area contributed by atoms with Crippen LogP contribution in [0.3, 0.4) is 0 Å². The summed E-state index contributed by atoms with van der Waals surface area (Å²) in [6, 6.07) is 1.99. The van der Waals surface area contributed by atoms with Gasteiger partial charge < -0.3 is 9.84 Å². The zero-order valence-electron chi connectivity index (χ0n) is 10.0. The molecular formula is C11H16N4OS. The molecular weight excluding hydrogens is 236 g/mol. The Labute approximate surface area is 104 Å². The second-order valence-electron chi connectivity index (χ2n) is 3.87. The van der Waals surface area contributed by atoms with Crippen molar-refractivity contribution >= 4 is 11.3 Å². The summed E-state index contributed by atoms with van der Waals surface area (Å²) < 4.78 is 5.22. The zero-order chi connectivity index (χ0) is 12.1. The molecule has 0 aliphatic rings. The normalized spacial score (nSPS) is 11.2. The van der Waals surface area contributed by atoms with Crippen LogP contribution in [0.1, 0.15) is 5.89 Å². The molecule has 0 aliphatic heterocycles. The largest absolute Gasteiger partial charge is 0.338 e. The summed E-state index contributed by atoms with van der Waals surface area (Å²) in [5, 5.41) is 11.1. The van der Waals surface area contributed by atoms with E-state index in [-0.39, 0.29) is 0 Å². The van der Waals surface area contributed by atoms with Gasteiger partial charge in [-0.25, -0.2) is 0 Å². The first-order chi connectivity index (χ1) is 8.29. The van der Waals surface area contributed by atoms with Gasteiger partial charge in [0.05, 0.1) is 6.54 Å². The van der Waals surface area contributed by atoms with E-state index in [1.165, 1.54) is 0 Å². The van der Waals surface area contributed by atoms with E-state index in [4.69, 9.17) is 4.52 Å². The highest BCUT2D eigenvalue weighted by atomic mass is 32.1. The monoisotopic (exact) mass is 252 g/mol. The van der Waals surface area contributed by atoms with Gasteiger partial charge in [0.25, 0.3) is 0 Å². The summed E-state index contributed by atoms with van der Waals surface area (Å²) in [5.41, 5.74) is 1.02. The van der Waals surface area contributed by atoms with Gasteiger partial charge in [-0.15, -0.1) is 0 Å². The molecule has 2 aromatic heterocycles. The Hall–Kier alpha value is -1.24. The SMILES string of the molecule is CNCCN(C)Cc1nc(-c2ccsc2)no1. The van der Waals surface area contributed by atoms with Crippen LogP contribution in [0.2, 0.25) is 0 Å². The zero-order valence-corrected chi connectivity index (χ0v) is 10.8. The van der Waals surface area contributed by atoms with E-state index in [0.717, 1.165) is 18.7 Å². The second kappa shape index (κ2) is 5.90. The van der Waals surface area contributed by atoms with Gasteiger partial charge in [-0.1, -0.05) is 5.16 Å². The average Bonchev–Trinajstić information content (AvgIpc) is 2.95. The highest BCUT2D eigenvalue weighted by Crippen LogP contribution is 2.18. The summed E-state index contributed by atoms with van der Waals surface area (Å²) in [4.78, 5) is 6.51. The first kappa shape index (κ1) is 12.2. The van der Waals surface area contributed by atoms with Gasteiger partial charge >= 0.3 is 0 Å². The summed E-state index contributed by atoms with van der Waals surface area (Å²) in [7, 11) is 3.97. The molecule has 2 heterocycles. The molecule has 17 heavy (non-hydrogen) atoms. The third-order valence-corrected chi connectivity index (χ3v) is 3.08. The fraction of sp³-hybridized carbons (Fsp3) is 0.455. The minimum Gasteiger partial charge on any atom is -0.338 e. The van der Waals surface area contributed by atoms with Gasteiger partial charge in [0, 0.05) is 24.0 Å². The molecule has 5 nitrogen and oxygen atoms in total. The van der Waals surface area contributed by atoms with E-state index in [9.17, 15) is 0 Å². The van der Waals surface area contributed by atoms with Crippen molar-refractivity contribution in [1.29, 1.82) is 0 Å². The first-order valence-corrected chi connectivity index (χ1v) is 6.42. The van der Waals surface area contributed by atoms with Crippen molar-refractivity contribution in [3.8, 4) is 11.4 Å². The molecule has 0 atom stereocenters. The van der Waals surface area contributed by atoms with Crippen molar-refractivity contribution in [2.75, 3.05) is 27.2 Å². The lowest BCUT2D eigenvalue weighted by Gasteiger charge is -2.12. The van der Waals surface area contributed by atoms with Crippen LogP contribution in [0.25, 0.3) is 11.4 Å². The van der Waals surface area contributed by atoms with Crippen LogP contribution in [-0.4, -0.2) is 42.2 Å². The van der Waals surface area contributed by atoms with E-state index in [1.54, 1.807) is 11.3 Å². The molecule has 0 fully saturated rings. The van der Waals surface area contributed by atoms with Crippen LogP contribution in [0.4, 0.5) is 0 Å². The van der Waals surface area contributed by atoms with Crippen molar-refractivity contribution in [1.82, 2.24) is 20.4 Å². The molecule has 0 radical (unpaired) electrons. The molecule has 0 spiro atoms. The quantitative estimate of drug-likeness (QED) is 0.843. The van der Waals surface area contributed by atoms with E-state index in [2.05, 4.69) is 20.4 Å². The molecule has 0 unspecified atom stereocenters. The predicted octanol–water partition coefficient (Wildman–Crippen LogP) is 1.45. The van der Waals surface area contributed by atoms with E-state index in [0.29, 0.717) is 18.3 Å². The van der Waals surface area contributed by atoms with E-state index < -0.39 is 0 Å². The lowest BCUT2D eigenvalue weighted by molar-refractivity contribution is 0.268. The van der Waals surface area contributed by atoms with Gasteiger partial charge in [-0.2, -0.15) is 16.3 Å². The van der Waals surface area contributed by atoms with Crippen LogP contribution in [0.15, 0.2) is 21.3 Å². The van der Waals surface area contributed by atoms with Gasteiger partial charge in [0.1, 0.15) is 0 Å². The highest BCUT2D eigenvalue weighted by Gasteiger charge is 2.10. The molecule has 0 amide bonds. The minimum atomic E-state index is 0.657. The number of nitrogens with zero attached hydrogens (tertiary/aromatic N) is 3. The Morgan fingerprint density at radius 3 is 3.12 bits per heavy atom. The van der Waals surface area contributed by atoms with Crippen molar-refractivity contribution in [3.05, 3.63) is 22.7 Å². The summed E-state index contributed by atoms with van der Waals surface area (Å²) in [5.74, 6) is 1.33. The topological polar surface area (TPSA) is 54.2 Å². The maximum atomic E-state index is 5.22. The minimum absolute atomic E-state index is 0.657. The molecule has 1 N–H and O–H groups in total. The third-order valence-electron chi connectivity index (χ3n) is 2.40. The van der Waals surface area contributed by atoms with Crippen LogP contribution >= 0.6 is 11.3 Å². The van der Waals surface area contributed by atoms with Crippen LogP contribution in [0.5, 0.6) is 0 Å². The molecule has 0 aliphatic carbocycles. The molecule has 0 saturated heterocycles. The lowest BCUT2D eigenvalue weighted by atomic mass is 10.3. The van der Waals surface area contributed by atoms with E-state index in [1.807, 2.05) is 30.9 Å². The number of aromatic nitrogens is 2.